The lowest BCUT2D eigenvalue weighted by Gasteiger charge is -2.24. The Morgan fingerprint density at radius 2 is 1.86 bits per heavy atom. The van der Waals surface area contributed by atoms with Gasteiger partial charge in [0.2, 0.25) is 5.91 Å². The van der Waals surface area contributed by atoms with Crippen LogP contribution >= 0.6 is 23.2 Å². The summed E-state index contributed by atoms with van der Waals surface area (Å²) in [6.45, 7) is 0. The molecule has 1 aliphatic carbocycles. The Bertz CT molecular complexity index is 555. The van der Waals surface area contributed by atoms with Gasteiger partial charge in [-0.3, -0.25) is 4.79 Å². The number of benzene rings is 1. The Kier molecular flexibility index (Phi) is 5.33. The van der Waals surface area contributed by atoms with Gasteiger partial charge in [-0.1, -0.05) is 42.5 Å². The molecule has 1 atom stereocenters. The summed E-state index contributed by atoms with van der Waals surface area (Å²) in [5.41, 5.74) is 0.388. The van der Waals surface area contributed by atoms with Crippen molar-refractivity contribution in [3.8, 4) is 11.8 Å². The molecule has 1 saturated carbocycles. The maximum Gasteiger partial charge on any atom is 0.242 e. The molecule has 0 aliphatic heterocycles. The Morgan fingerprint density at radius 3 is 2.38 bits per heavy atom. The van der Waals surface area contributed by atoms with Crippen LogP contribution in [0.2, 0.25) is 10.0 Å². The van der Waals surface area contributed by atoms with Gasteiger partial charge >= 0.3 is 0 Å². The molecule has 1 aliphatic rings. The zero-order valence-electron chi connectivity index (χ0n) is 11.4. The number of rotatable bonds is 3. The maximum absolute atomic E-state index is 12.3. The van der Waals surface area contributed by atoms with Crippen LogP contribution in [0.5, 0.6) is 5.75 Å². The van der Waals surface area contributed by atoms with Crippen molar-refractivity contribution in [2.24, 2.45) is 0 Å². The molecule has 112 valence electrons. The Hall–Kier alpha value is -1.44. The normalized spacial score (nSPS) is 17.0. The predicted octanol–water partition coefficient (Wildman–Crippen LogP) is 3.76. The van der Waals surface area contributed by atoms with Crippen LogP contribution in [-0.4, -0.2) is 17.1 Å². The molecule has 0 aromatic heterocycles. The fourth-order valence-electron chi connectivity index (χ4n) is 2.57. The van der Waals surface area contributed by atoms with Crippen LogP contribution in [-0.2, 0) is 4.79 Å². The lowest BCUT2D eigenvalue weighted by molar-refractivity contribution is -0.122. The first-order valence-corrected chi connectivity index (χ1v) is 7.66. The van der Waals surface area contributed by atoms with Crippen molar-refractivity contribution in [3.05, 3.63) is 27.7 Å². The van der Waals surface area contributed by atoms with Crippen molar-refractivity contribution in [1.82, 2.24) is 5.32 Å². The first kappa shape index (κ1) is 15.9. The van der Waals surface area contributed by atoms with Crippen LogP contribution < -0.4 is 5.32 Å². The number of nitrogens with zero attached hydrogens (tertiary/aromatic N) is 1. The molecule has 4 nitrogen and oxygen atoms in total. The molecule has 21 heavy (non-hydrogen) atoms. The van der Waals surface area contributed by atoms with Gasteiger partial charge in [0, 0.05) is 6.04 Å². The minimum atomic E-state index is -0.984. The minimum Gasteiger partial charge on any atom is -0.505 e. The topological polar surface area (TPSA) is 73.1 Å². The smallest absolute Gasteiger partial charge is 0.242 e. The average molecular weight is 327 g/mol. The first-order chi connectivity index (χ1) is 10.0. The summed E-state index contributed by atoms with van der Waals surface area (Å²) in [5.74, 6) is -1.57. The number of phenolic OH excluding ortho intramolecular Hbond substituents is 1. The molecule has 0 spiro atoms. The molecule has 0 radical (unpaired) electrons. The molecule has 6 heteroatoms. The van der Waals surface area contributed by atoms with E-state index in [2.05, 4.69) is 5.32 Å². The van der Waals surface area contributed by atoms with E-state index in [9.17, 15) is 15.2 Å². The van der Waals surface area contributed by atoms with Crippen LogP contribution in [0.15, 0.2) is 12.1 Å². The number of nitriles is 1. The summed E-state index contributed by atoms with van der Waals surface area (Å²) >= 11 is 11.7. The van der Waals surface area contributed by atoms with Gasteiger partial charge in [0.15, 0.2) is 5.75 Å². The summed E-state index contributed by atoms with van der Waals surface area (Å²) in [6.07, 6.45) is 5.28. The van der Waals surface area contributed by atoms with Gasteiger partial charge in [-0.05, 0) is 30.5 Å². The maximum atomic E-state index is 12.3. The van der Waals surface area contributed by atoms with E-state index < -0.39 is 5.92 Å². The number of aromatic hydroxyl groups is 1. The van der Waals surface area contributed by atoms with Gasteiger partial charge in [-0.2, -0.15) is 5.26 Å². The van der Waals surface area contributed by atoms with Crippen LogP contribution in [0.3, 0.4) is 0 Å². The van der Waals surface area contributed by atoms with Gasteiger partial charge in [-0.25, -0.2) is 0 Å². The molecule has 1 fully saturated rings. The van der Waals surface area contributed by atoms with E-state index in [0.29, 0.717) is 5.56 Å². The quantitative estimate of drug-likeness (QED) is 0.888. The van der Waals surface area contributed by atoms with E-state index in [-0.39, 0.29) is 27.7 Å². The first-order valence-electron chi connectivity index (χ1n) is 6.91. The van der Waals surface area contributed by atoms with E-state index >= 15 is 0 Å². The molecule has 1 aromatic carbocycles. The second-order valence-electron chi connectivity index (χ2n) is 5.24. The van der Waals surface area contributed by atoms with E-state index in [0.717, 1.165) is 25.7 Å². The highest BCUT2D eigenvalue weighted by molar-refractivity contribution is 6.37. The molecule has 2 N–H and O–H groups in total. The van der Waals surface area contributed by atoms with Gasteiger partial charge in [0.25, 0.3) is 0 Å². The number of amides is 1. The molecule has 0 heterocycles. The number of halogens is 2. The zero-order chi connectivity index (χ0) is 15.4. The monoisotopic (exact) mass is 326 g/mol. The van der Waals surface area contributed by atoms with Crippen LogP contribution in [0, 0.1) is 11.3 Å². The van der Waals surface area contributed by atoms with Gasteiger partial charge in [-0.15, -0.1) is 0 Å². The van der Waals surface area contributed by atoms with Crippen molar-refractivity contribution in [1.29, 1.82) is 5.26 Å². The number of nitrogens with one attached hydrogen (secondary N) is 1. The summed E-state index contributed by atoms with van der Waals surface area (Å²) < 4.78 is 0. The van der Waals surface area contributed by atoms with Gasteiger partial charge in [0.05, 0.1) is 16.1 Å². The van der Waals surface area contributed by atoms with E-state index in [1.165, 1.54) is 18.6 Å². The fourth-order valence-corrected chi connectivity index (χ4v) is 3.07. The molecule has 1 unspecified atom stereocenters. The van der Waals surface area contributed by atoms with E-state index in [4.69, 9.17) is 23.2 Å². The number of carbonyl (C=O) groups is 1. The zero-order valence-corrected chi connectivity index (χ0v) is 12.9. The number of phenols is 1. The fraction of sp³-hybridized carbons (Fsp3) is 0.467. The van der Waals surface area contributed by atoms with E-state index in [1.54, 1.807) is 0 Å². The molecular formula is C15H16Cl2N2O2. The molecule has 0 bridgehead atoms. The summed E-state index contributed by atoms with van der Waals surface area (Å²) in [6, 6.07) is 4.90. The molecule has 0 saturated heterocycles. The highest BCUT2D eigenvalue weighted by atomic mass is 35.5. The highest BCUT2D eigenvalue weighted by Crippen LogP contribution is 2.35. The van der Waals surface area contributed by atoms with Crippen molar-refractivity contribution in [3.63, 3.8) is 0 Å². The van der Waals surface area contributed by atoms with Crippen molar-refractivity contribution >= 4 is 29.1 Å². The second-order valence-corrected chi connectivity index (χ2v) is 6.05. The lowest BCUT2D eigenvalue weighted by Crippen LogP contribution is -2.38. The standard InChI is InChI=1S/C15H16Cl2N2O2/c16-12-6-9(7-13(17)14(12)20)11(8-18)15(21)19-10-4-2-1-3-5-10/h6-7,10-11,20H,1-5H2,(H,19,21). The minimum absolute atomic E-state index is 0.0308. The largest absolute Gasteiger partial charge is 0.505 e. The SMILES string of the molecule is N#CC(C(=O)NC1CCCCC1)c1cc(Cl)c(O)c(Cl)c1. The van der Waals surface area contributed by atoms with Crippen LogP contribution in [0.25, 0.3) is 0 Å². The van der Waals surface area contributed by atoms with Crippen molar-refractivity contribution in [2.75, 3.05) is 0 Å². The lowest BCUT2D eigenvalue weighted by atomic mass is 9.94. The molecule has 1 amide bonds. The molecular weight excluding hydrogens is 311 g/mol. The van der Waals surface area contributed by atoms with Gasteiger partial charge in [0.1, 0.15) is 5.92 Å². The third kappa shape index (κ3) is 3.81. The van der Waals surface area contributed by atoms with E-state index in [1.807, 2.05) is 6.07 Å². The van der Waals surface area contributed by atoms with Gasteiger partial charge < -0.3 is 10.4 Å². The van der Waals surface area contributed by atoms with Crippen molar-refractivity contribution < 1.29 is 9.90 Å². The third-order valence-corrected chi connectivity index (χ3v) is 4.29. The summed E-state index contributed by atoms with van der Waals surface area (Å²) in [7, 11) is 0. The molecule has 2 rings (SSSR count). The average Bonchev–Trinajstić information content (AvgIpc) is 2.46. The van der Waals surface area contributed by atoms with Crippen LogP contribution in [0.1, 0.15) is 43.6 Å². The number of hydrogen-bond acceptors (Lipinski definition) is 3. The number of hydrogen-bond donors (Lipinski definition) is 2. The van der Waals surface area contributed by atoms with Crippen molar-refractivity contribution in [2.45, 2.75) is 44.1 Å². The number of carbonyl (C=O) groups excluding carboxylic acids is 1. The summed E-state index contributed by atoms with van der Waals surface area (Å²) in [4.78, 5) is 12.3. The van der Waals surface area contributed by atoms with Crippen LogP contribution in [0.4, 0.5) is 0 Å². The summed E-state index contributed by atoms with van der Waals surface area (Å²) in [5, 5.41) is 21.8. The Balaban J connectivity index is 2.15. The Morgan fingerprint density at radius 1 is 1.29 bits per heavy atom. The highest BCUT2D eigenvalue weighted by Gasteiger charge is 2.25. The predicted molar refractivity (Wildman–Crippen MR) is 81.5 cm³/mol. The Labute approximate surface area is 133 Å². The second kappa shape index (κ2) is 7.02. The molecule has 1 aromatic rings. The third-order valence-electron chi connectivity index (χ3n) is 3.72.